The van der Waals surface area contributed by atoms with Crippen LogP contribution < -0.4 is 14.5 Å². The number of carbonyl (C=O) groups excluding carboxylic acids is 2. The minimum atomic E-state index is -0.582. The van der Waals surface area contributed by atoms with Crippen molar-refractivity contribution in [2.75, 3.05) is 12.0 Å². The van der Waals surface area contributed by atoms with Gasteiger partial charge in [-0.25, -0.2) is 4.90 Å². The number of H-pyrrole nitrogens is 1. The van der Waals surface area contributed by atoms with Crippen LogP contribution >= 0.6 is 23.1 Å². The van der Waals surface area contributed by atoms with E-state index >= 15 is 0 Å². The van der Waals surface area contributed by atoms with E-state index < -0.39 is 11.2 Å². The van der Waals surface area contributed by atoms with Crippen LogP contribution in [0.15, 0.2) is 58.4 Å². The highest BCUT2D eigenvalue weighted by atomic mass is 32.2. The number of fused-ring (bicyclic) bond motifs is 2. The maximum Gasteiger partial charge on any atom is 0.305 e. The number of imide groups is 1. The zero-order valence-electron chi connectivity index (χ0n) is 16.2. The highest BCUT2D eigenvalue weighted by Crippen LogP contribution is 2.53. The summed E-state index contributed by atoms with van der Waals surface area (Å²) >= 11 is 2.40. The van der Waals surface area contributed by atoms with Crippen molar-refractivity contribution in [2.24, 2.45) is 5.92 Å². The lowest BCUT2D eigenvalue weighted by atomic mass is 9.83. The molecule has 2 amide bonds. The summed E-state index contributed by atoms with van der Waals surface area (Å²) in [5.41, 5.74) is 2.37. The first-order chi connectivity index (χ1) is 14.5. The van der Waals surface area contributed by atoms with Gasteiger partial charge in [0, 0.05) is 10.8 Å². The molecule has 0 radical (unpaired) electrons. The Bertz CT molecular complexity index is 1210. The van der Waals surface area contributed by atoms with Crippen LogP contribution in [-0.2, 0) is 9.59 Å². The summed E-state index contributed by atoms with van der Waals surface area (Å²) in [4.78, 5) is 43.9. The van der Waals surface area contributed by atoms with Crippen LogP contribution in [-0.4, -0.2) is 29.2 Å². The molecule has 3 atom stereocenters. The SMILES string of the molecule is COc1ccc([C@@H]2c3sc(=O)[nH]c3S[C@H]3C(=O)N(c4ccccc4C)C(=O)[C@H]23)cc1. The fourth-order valence-corrected chi connectivity index (χ4v) is 6.75. The van der Waals surface area contributed by atoms with E-state index in [1.807, 2.05) is 49.4 Å². The zero-order chi connectivity index (χ0) is 21.0. The predicted molar refractivity (Wildman–Crippen MR) is 117 cm³/mol. The van der Waals surface area contributed by atoms with E-state index in [-0.39, 0.29) is 22.6 Å². The smallest absolute Gasteiger partial charge is 0.305 e. The number of ether oxygens (including phenoxy) is 1. The largest absolute Gasteiger partial charge is 0.497 e. The molecule has 1 aromatic heterocycles. The number of thioether (sulfide) groups is 1. The van der Waals surface area contributed by atoms with Gasteiger partial charge in [-0.05, 0) is 36.2 Å². The average molecular weight is 439 g/mol. The third-order valence-corrected chi connectivity index (χ3v) is 8.06. The van der Waals surface area contributed by atoms with Crippen molar-refractivity contribution in [3.8, 4) is 5.75 Å². The van der Waals surface area contributed by atoms with Gasteiger partial charge in [0.25, 0.3) is 0 Å². The van der Waals surface area contributed by atoms with E-state index in [1.54, 1.807) is 13.2 Å². The molecule has 0 bridgehead atoms. The highest BCUT2D eigenvalue weighted by molar-refractivity contribution is 8.00. The first-order valence-corrected chi connectivity index (χ1v) is 11.2. The van der Waals surface area contributed by atoms with Gasteiger partial charge in [-0.3, -0.25) is 14.4 Å². The third-order valence-electron chi connectivity index (χ3n) is 5.66. The number of aromatic amines is 1. The number of para-hydroxylation sites is 1. The molecule has 1 saturated heterocycles. The van der Waals surface area contributed by atoms with E-state index in [1.165, 1.54) is 16.7 Å². The number of rotatable bonds is 3. The van der Waals surface area contributed by atoms with Crippen molar-refractivity contribution < 1.29 is 14.3 Å². The minimum absolute atomic E-state index is 0.179. The van der Waals surface area contributed by atoms with Gasteiger partial charge in [-0.1, -0.05) is 53.4 Å². The molecular formula is C22H18N2O4S2. The molecule has 1 fully saturated rings. The molecule has 8 heteroatoms. The molecule has 6 nitrogen and oxygen atoms in total. The maximum atomic E-state index is 13.6. The molecule has 2 aliphatic rings. The predicted octanol–water partition coefficient (Wildman–Crippen LogP) is 3.55. The molecule has 3 heterocycles. The summed E-state index contributed by atoms with van der Waals surface area (Å²) in [5.74, 6) is -0.695. The van der Waals surface area contributed by atoms with Gasteiger partial charge in [0.05, 0.1) is 23.7 Å². The minimum Gasteiger partial charge on any atom is -0.497 e. The standard InChI is InChI=1S/C22H18N2O4S2/c1-11-5-3-4-6-14(11)24-20(25)16-15(12-7-9-13(28-2)10-8-12)17-19(23-22(27)30-17)29-18(16)21(24)26/h3-10,15-16,18H,1-2H3,(H,23,27)/t15-,16+,18+/m0/s1. The summed E-state index contributed by atoms with van der Waals surface area (Å²) in [6.07, 6.45) is 0. The first kappa shape index (κ1) is 19.1. The molecule has 2 aliphatic heterocycles. The topological polar surface area (TPSA) is 79.5 Å². The Morgan fingerprint density at radius 1 is 1.00 bits per heavy atom. The second kappa shape index (κ2) is 7.14. The lowest BCUT2D eigenvalue weighted by Crippen LogP contribution is -2.32. The summed E-state index contributed by atoms with van der Waals surface area (Å²) in [5, 5.41) is 0.0989. The lowest BCUT2D eigenvalue weighted by Gasteiger charge is -2.29. The lowest BCUT2D eigenvalue weighted by molar-refractivity contribution is -0.122. The number of thiazole rings is 1. The van der Waals surface area contributed by atoms with Crippen LogP contribution in [0.5, 0.6) is 5.75 Å². The van der Waals surface area contributed by atoms with Crippen LogP contribution in [0.2, 0.25) is 0 Å². The molecule has 0 aliphatic carbocycles. The van der Waals surface area contributed by atoms with Gasteiger partial charge in [0.2, 0.25) is 11.8 Å². The highest BCUT2D eigenvalue weighted by Gasteiger charge is 2.56. The van der Waals surface area contributed by atoms with Crippen molar-refractivity contribution in [2.45, 2.75) is 23.1 Å². The maximum absolute atomic E-state index is 13.6. The molecule has 0 unspecified atom stereocenters. The Balaban J connectivity index is 1.65. The quantitative estimate of drug-likeness (QED) is 0.633. The number of methoxy groups -OCH3 is 1. The Hall–Kier alpha value is -2.84. The number of benzene rings is 2. The molecule has 3 aromatic rings. The third kappa shape index (κ3) is 2.82. The zero-order valence-corrected chi connectivity index (χ0v) is 17.9. The Labute approximate surface area is 180 Å². The van der Waals surface area contributed by atoms with Crippen LogP contribution in [0.3, 0.4) is 0 Å². The van der Waals surface area contributed by atoms with Crippen molar-refractivity contribution in [3.63, 3.8) is 0 Å². The van der Waals surface area contributed by atoms with E-state index in [0.29, 0.717) is 16.5 Å². The summed E-state index contributed by atoms with van der Waals surface area (Å²) in [7, 11) is 1.59. The second-order valence-corrected chi connectivity index (χ2v) is 9.49. The molecule has 0 saturated carbocycles. The van der Waals surface area contributed by atoms with Gasteiger partial charge in [0.1, 0.15) is 11.0 Å². The van der Waals surface area contributed by atoms with Gasteiger partial charge in [-0.15, -0.1) is 0 Å². The monoisotopic (exact) mass is 438 g/mol. The second-order valence-electron chi connectivity index (χ2n) is 7.32. The summed E-state index contributed by atoms with van der Waals surface area (Å²) in [6.45, 7) is 1.89. The molecule has 2 aromatic carbocycles. The number of anilines is 1. The molecule has 30 heavy (non-hydrogen) atoms. The molecule has 0 spiro atoms. The number of nitrogens with one attached hydrogen (secondary N) is 1. The number of carbonyl (C=O) groups is 2. The summed E-state index contributed by atoms with van der Waals surface area (Å²) < 4.78 is 5.26. The van der Waals surface area contributed by atoms with Crippen molar-refractivity contribution >= 4 is 40.6 Å². The van der Waals surface area contributed by atoms with Gasteiger partial charge in [0.15, 0.2) is 0 Å². The molecule has 5 rings (SSSR count). The van der Waals surface area contributed by atoms with Gasteiger partial charge < -0.3 is 9.72 Å². The van der Waals surface area contributed by atoms with Crippen LogP contribution in [0.4, 0.5) is 5.69 Å². The Morgan fingerprint density at radius 2 is 1.73 bits per heavy atom. The average Bonchev–Trinajstić information content (AvgIpc) is 3.24. The van der Waals surface area contributed by atoms with Crippen molar-refractivity contribution in [1.82, 2.24) is 4.98 Å². The number of hydrogen-bond donors (Lipinski definition) is 1. The number of aryl methyl sites for hydroxylation is 1. The fourth-order valence-electron chi connectivity index (χ4n) is 4.24. The van der Waals surface area contributed by atoms with E-state index in [4.69, 9.17) is 4.74 Å². The van der Waals surface area contributed by atoms with E-state index in [0.717, 1.165) is 27.3 Å². The van der Waals surface area contributed by atoms with Crippen LogP contribution in [0.1, 0.15) is 21.9 Å². The Kier molecular flexibility index (Phi) is 4.56. The number of hydrogen-bond acceptors (Lipinski definition) is 6. The summed E-state index contributed by atoms with van der Waals surface area (Å²) in [6, 6.07) is 14.9. The number of amides is 2. The molecule has 152 valence electrons. The van der Waals surface area contributed by atoms with Crippen molar-refractivity contribution in [3.05, 3.63) is 74.2 Å². The normalized spacial score (nSPS) is 22.7. The number of nitrogens with zero attached hydrogens (tertiary/aromatic N) is 1. The fraction of sp³-hybridized carbons (Fsp3) is 0.227. The first-order valence-electron chi connectivity index (χ1n) is 9.46. The van der Waals surface area contributed by atoms with Crippen molar-refractivity contribution in [1.29, 1.82) is 0 Å². The van der Waals surface area contributed by atoms with E-state index in [2.05, 4.69) is 4.98 Å². The van der Waals surface area contributed by atoms with Gasteiger partial charge >= 0.3 is 4.87 Å². The van der Waals surface area contributed by atoms with Gasteiger partial charge in [-0.2, -0.15) is 0 Å². The Morgan fingerprint density at radius 3 is 2.43 bits per heavy atom. The van der Waals surface area contributed by atoms with Crippen LogP contribution in [0.25, 0.3) is 0 Å². The number of aromatic nitrogens is 1. The van der Waals surface area contributed by atoms with E-state index in [9.17, 15) is 14.4 Å². The van der Waals surface area contributed by atoms with Crippen LogP contribution in [0, 0.1) is 12.8 Å². The molecular weight excluding hydrogens is 420 g/mol. The molecule has 1 N–H and O–H groups in total.